The first-order valence-electron chi connectivity index (χ1n) is 6.19. The van der Waals surface area contributed by atoms with Crippen molar-refractivity contribution < 1.29 is 19.1 Å². The average molecular weight is 276 g/mol. The predicted octanol–water partition coefficient (Wildman–Crippen LogP) is 1.08. The Morgan fingerprint density at radius 2 is 2.15 bits per heavy atom. The summed E-state index contributed by atoms with van der Waals surface area (Å²) < 4.78 is 4.71. The summed E-state index contributed by atoms with van der Waals surface area (Å²) in [7, 11) is 0. The molecule has 1 aromatic rings. The van der Waals surface area contributed by atoms with E-state index in [0.29, 0.717) is 12.0 Å². The Morgan fingerprint density at radius 1 is 1.35 bits per heavy atom. The van der Waals surface area contributed by atoms with Crippen molar-refractivity contribution in [1.82, 2.24) is 10.3 Å². The molecule has 0 spiro atoms. The zero-order valence-electron chi connectivity index (χ0n) is 11.2. The molecule has 1 rings (SSSR count). The number of nitrogens with zero attached hydrogens (tertiary/aromatic N) is 1. The van der Waals surface area contributed by atoms with Crippen molar-refractivity contribution in [3.63, 3.8) is 0 Å². The fourth-order valence-corrected chi connectivity index (χ4v) is 1.39. The number of hydrogen-bond donors (Lipinski definition) is 1. The van der Waals surface area contributed by atoms with Crippen molar-refractivity contribution in [2.45, 2.75) is 19.8 Å². The Bertz CT molecular complexity index is 497. The number of esters is 1. The van der Waals surface area contributed by atoms with Crippen LogP contribution in [0.25, 0.3) is 6.08 Å². The number of hydrogen-bond acceptors (Lipinski definition) is 5. The summed E-state index contributed by atoms with van der Waals surface area (Å²) in [5, 5.41) is 2.42. The molecule has 1 N–H and O–H groups in total. The van der Waals surface area contributed by atoms with Crippen LogP contribution in [0.2, 0.25) is 0 Å². The molecule has 0 bridgehead atoms. The minimum Gasteiger partial charge on any atom is -0.466 e. The van der Waals surface area contributed by atoms with Gasteiger partial charge >= 0.3 is 5.97 Å². The van der Waals surface area contributed by atoms with Gasteiger partial charge in [-0.25, -0.2) is 0 Å². The van der Waals surface area contributed by atoms with Gasteiger partial charge in [0.1, 0.15) is 0 Å². The van der Waals surface area contributed by atoms with E-state index in [9.17, 15) is 14.4 Å². The molecule has 106 valence electrons. The molecule has 0 aliphatic rings. The van der Waals surface area contributed by atoms with Crippen LogP contribution in [-0.4, -0.2) is 29.8 Å². The lowest BCUT2D eigenvalue weighted by Crippen LogP contribution is -2.24. The Hall–Kier alpha value is -2.50. The molecular weight excluding hydrogens is 260 g/mol. The van der Waals surface area contributed by atoms with Gasteiger partial charge in [0.15, 0.2) is 6.29 Å². The molecule has 0 unspecified atom stereocenters. The molecule has 0 saturated heterocycles. The largest absolute Gasteiger partial charge is 0.466 e. The predicted molar refractivity (Wildman–Crippen MR) is 72.3 cm³/mol. The Balaban J connectivity index is 2.52. The highest BCUT2D eigenvalue weighted by Crippen LogP contribution is 2.01. The molecule has 0 aliphatic carbocycles. The second-order valence-corrected chi connectivity index (χ2v) is 3.83. The van der Waals surface area contributed by atoms with Gasteiger partial charge in [-0.05, 0) is 25.1 Å². The number of nitrogens with one attached hydrogen (secondary N) is 1. The maximum absolute atomic E-state index is 11.6. The number of carbonyl (C=O) groups is 3. The summed E-state index contributed by atoms with van der Waals surface area (Å²) in [5.41, 5.74) is 0.651. The lowest BCUT2D eigenvalue weighted by molar-refractivity contribution is -0.144. The van der Waals surface area contributed by atoms with Crippen molar-refractivity contribution in [2.75, 3.05) is 6.61 Å². The summed E-state index contributed by atoms with van der Waals surface area (Å²) in [6.45, 7) is 1.97. The first kappa shape index (κ1) is 15.6. The van der Waals surface area contributed by atoms with Gasteiger partial charge in [0.25, 0.3) is 0 Å². The first-order chi connectivity index (χ1) is 9.65. The highest BCUT2D eigenvalue weighted by atomic mass is 16.5. The van der Waals surface area contributed by atoms with Crippen LogP contribution in [0.15, 0.2) is 30.1 Å². The molecule has 0 radical (unpaired) electrons. The van der Waals surface area contributed by atoms with Crippen LogP contribution in [0, 0.1) is 0 Å². The standard InChI is InChI=1S/C14H16N2O4/c1-2-20-14(19)7-6-13(18)16-12(10-17)9-11-5-3-4-8-15-11/h3-5,8-10H,2,6-7H2,1H3,(H,16,18). The molecule has 1 aromatic heterocycles. The summed E-state index contributed by atoms with van der Waals surface area (Å²) >= 11 is 0. The third-order valence-corrected chi connectivity index (χ3v) is 2.26. The van der Waals surface area contributed by atoms with E-state index in [0.717, 1.165) is 0 Å². The average Bonchev–Trinajstić information content (AvgIpc) is 2.46. The van der Waals surface area contributed by atoms with Gasteiger partial charge in [-0.15, -0.1) is 0 Å². The van der Waals surface area contributed by atoms with Crippen LogP contribution >= 0.6 is 0 Å². The van der Waals surface area contributed by atoms with Crippen molar-refractivity contribution in [3.8, 4) is 0 Å². The molecule has 0 atom stereocenters. The van der Waals surface area contributed by atoms with Crippen LogP contribution in [0.1, 0.15) is 25.5 Å². The van der Waals surface area contributed by atoms with Crippen molar-refractivity contribution >= 4 is 24.2 Å². The van der Waals surface area contributed by atoms with E-state index in [4.69, 9.17) is 4.74 Å². The second-order valence-electron chi connectivity index (χ2n) is 3.83. The summed E-state index contributed by atoms with van der Waals surface area (Å²) in [4.78, 5) is 37.6. The number of carbonyl (C=O) groups excluding carboxylic acids is 3. The highest BCUT2D eigenvalue weighted by Gasteiger charge is 2.08. The van der Waals surface area contributed by atoms with Crippen LogP contribution in [0.4, 0.5) is 0 Å². The maximum atomic E-state index is 11.6. The van der Waals surface area contributed by atoms with E-state index in [1.165, 1.54) is 6.08 Å². The summed E-state index contributed by atoms with van der Waals surface area (Å²) in [5.74, 6) is -0.864. The summed E-state index contributed by atoms with van der Waals surface area (Å²) in [6, 6.07) is 5.22. The number of aromatic nitrogens is 1. The van der Waals surface area contributed by atoms with Crippen LogP contribution in [-0.2, 0) is 19.1 Å². The number of rotatable bonds is 7. The van der Waals surface area contributed by atoms with Crippen LogP contribution in [0.3, 0.4) is 0 Å². The fourth-order valence-electron chi connectivity index (χ4n) is 1.39. The SMILES string of the molecule is CCOC(=O)CCC(=O)NC(C=O)=Cc1ccccn1. The van der Waals surface area contributed by atoms with Gasteiger partial charge < -0.3 is 10.1 Å². The van der Waals surface area contributed by atoms with E-state index >= 15 is 0 Å². The number of amides is 1. The van der Waals surface area contributed by atoms with Gasteiger partial charge in [-0.2, -0.15) is 0 Å². The van der Waals surface area contributed by atoms with Crippen molar-refractivity contribution in [2.24, 2.45) is 0 Å². The van der Waals surface area contributed by atoms with E-state index < -0.39 is 11.9 Å². The minimum atomic E-state index is -0.441. The number of allylic oxidation sites excluding steroid dienone is 1. The molecule has 0 aliphatic heterocycles. The number of pyridine rings is 1. The molecule has 1 amide bonds. The fraction of sp³-hybridized carbons (Fsp3) is 0.286. The zero-order chi connectivity index (χ0) is 14.8. The van der Waals surface area contributed by atoms with Crippen molar-refractivity contribution in [1.29, 1.82) is 0 Å². The summed E-state index contributed by atoms with van der Waals surface area (Å²) in [6.07, 6.45) is 3.50. The molecule has 0 fully saturated rings. The maximum Gasteiger partial charge on any atom is 0.306 e. The van der Waals surface area contributed by atoms with Gasteiger partial charge in [0, 0.05) is 12.6 Å². The number of ether oxygens (including phenoxy) is 1. The van der Waals surface area contributed by atoms with Gasteiger partial charge in [-0.3, -0.25) is 19.4 Å². The third kappa shape index (κ3) is 5.90. The molecular formula is C14H16N2O4. The van der Waals surface area contributed by atoms with Gasteiger partial charge in [0.05, 0.1) is 24.4 Å². The highest BCUT2D eigenvalue weighted by molar-refractivity contribution is 5.90. The normalized spacial score (nSPS) is 10.8. The van der Waals surface area contributed by atoms with Crippen LogP contribution in [0.5, 0.6) is 0 Å². The molecule has 20 heavy (non-hydrogen) atoms. The zero-order valence-corrected chi connectivity index (χ0v) is 11.2. The van der Waals surface area contributed by atoms with E-state index in [-0.39, 0.29) is 25.1 Å². The second kappa shape index (κ2) is 8.58. The first-order valence-corrected chi connectivity index (χ1v) is 6.19. The molecule has 6 heteroatoms. The van der Waals surface area contributed by atoms with Gasteiger partial charge in [0.2, 0.25) is 5.91 Å². The van der Waals surface area contributed by atoms with E-state index in [1.54, 1.807) is 31.3 Å². The molecule has 0 aromatic carbocycles. The topological polar surface area (TPSA) is 85.4 Å². The molecule has 0 saturated carbocycles. The lowest BCUT2D eigenvalue weighted by Gasteiger charge is -2.04. The quantitative estimate of drug-likeness (QED) is 0.457. The monoisotopic (exact) mass is 276 g/mol. The van der Waals surface area contributed by atoms with Crippen LogP contribution < -0.4 is 5.32 Å². The smallest absolute Gasteiger partial charge is 0.306 e. The third-order valence-electron chi connectivity index (χ3n) is 2.26. The molecule has 1 heterocycles. The lowest BCUT2D eigenvalue weighted by atomic mass is 10.2. The van der Waals surface area contributed by atoms with E-state index in [1.807, 2.05) is 0 Å². The Labute approximate surface area is 116 Å². The van der Waals surface area contributed by atoms with Crippen molar-refractivity contribution in [3.05, 3.63) is 35.8 Å². The number of aldehydes is 1. The van der Waals surface area contributed by atoms with E-state index in [2.05, 4.69) is 10.3 Å². The van der Waals surface area contributed by atoms with Gasteiger partial charge in [-0.1, -0.05) is 6.07 Å². The minimum absolute atomic E-state index is 0.0185. The Morgan fingerprint density at radius 3 is 2.75 bits per heavy atom. The molecule has 6 nitrogen and oxygen atoms in total. The Kier molecular flexibility index (Phi) is 6.67.